The number of carbonyl (C=O) groups is 4. The van der Waals surface area contributed by atoms with Crippen molar-refractivity contribution in [3.63, 3.8) is 0 Å². The molecular formula is C22H43N9O6. The molecule has 15 nitrogen and oxygen atoms in total. The third-order valence-electron chi connectivity index (χ3n) is 6.10. The molecule has 37 heavy (non-hydrogen) atoms. The largest absolute Gasteiger partial charge is 0.403 e. The molecule has 1 rings (SSSR count). The quantitative estimate of drug-likeness (QED) is 0.0608. The van der Waals surface area contributed by atoms with Crippen LogP contribution >= 0.6 is 0 Å². The van der Waals surface area contributed by atoms with Crippen LogP contribution in [0, 0.1) is 0 Å². The third kappa shape index (κ3) is 9.35. The number of urea groups is 1. The lowest BCUT2D eigenvalue weighted by Crippen LogP contribution is -2.55. The molecule has 0 aromatic carbocycles. The van der Waals surface area contributed by atoms with Crippen molar-refractivity contribution in [2.24, 2.45) is 23.0 Å². The lowest BCUT2D eigenvalue weighted by Gasteiger charge is -2.34. The Balaban J connectivity index is 2.95. The zero-order chi connectivity index (χ0) is 28.3. The number of hydrazine groups is 1. The molecule has 212 valence electrons. The summed E-state index contributed by atoms with van der Waals surface area (Å²) in [7, 11) is 0. The fourth-order valence-corrected chi connectivity index (χ4v) is 4.16. The van der Waals surface area contributed by atoms with Gasteiger partial charge in [0, 0.05) is 32.3 Å². The standard InChI is InChI=1S/C22H43N9O6/c1-4-27-21(36)28-8-6-5-7-14(18(33)19(25)34)29-20(35)15-9-13(12-30(15)17(32)11-24)31(26)16(10-23)22(2,3)37/h10,13-15,18,33,37H,4-9,11-12,23-24,26H2,1-3H3,(H2,25,34)(H,29,35)(H2,27,28,36)/b16-10-. The van der Waals surface area contributed by atoms with Crippen LogP contribution in [0.15, 0.2) is 11.9 Å². The molecule has 0 spiro atoms. The number of likely N-dealkylation sites (tertiary alicyclic amines) is 1. The number of rotatable bonds is 14. The van der Waals surface area contributed by atoms with Gasteiger partial charge in [-0.05, 0) is 40.0 Å². The monoisotopic (exact) mass is 529 g/mol. The van der Waals surface area contributed by atoms with Gasteiger partial charge in [-0.3, -0.25) is 14.4 Å². The first-order valence-electron chi connectivity index (χ1n) is 12.3. The molecule has 1 aliphatic heterocycles. The van der Waals surface area contributed by atoms with Crippen LogP contribution in [0.1, 0.15) is 46.5 Å². The second-order valence-corrected chi connectivity index (χ2v) is 9.42. The molecule has 4 atom stereocenters. The van der Waals surface area contributed by atoms with E-state index in [1.54, 1.807) is 6.92 Å². The maximum absolute atomic E-state index is 13.2. The van der Waals surface area contributed by atoms with Crippen molar-refractivity contribution in [1.82, 2.24) is 25.9 Å². The van der Waals surface area contributed by atoms with Gasteiger partial charge in [-0.25, -0.2) is 10.6 Å². The number of unbranched alkanes of at least 4 members (excludes halogenated alkanes) is 1. The van der Waals surface area contributed by atoms with E-state index < -0.39 is 47.6 Å². The third-order valence-corrected chi connectivity index (χ3v) is 6.10. The summed E-state index contributed by atoms with van der Waals surface area (Å²) in [4.78, 5) is 50.2. The van der Waals surface area contributed by atoms with Crippen LogP contribution < -0.4 is 39.0 Å². The second kappa shape index (κ2) is 14.6. The van der Waals surface area contributed by atoms with E-state index >= 15 is 0 Å². The van der Waals surface area contributed by atoms with Gasteiger partial charge in [0.2, 0.25) is 17.7 Å². The van der Waals surface area contributed by atoms with Crippen molar-refractivity contribution in [3.05, 3.63) is 11.9 Å². The molecule has 5 amide bonds. The summed E-state index contributed by atoms with van der Waals surface area (Å²) in [5, 5.41) is 29.8. The van der Waals surface area contributed by atoms with Crippen molar-refractivity contribution in [1.29, 1.82) is 0 Å². The van der Waals surface area contributed by atoms with Crippen LogP contribution in [0.25, 0.3) is 0 Å². The molecule has 0 radical (unpaired) electrons. The molecule has 0 aromatic rings. The van der Waals surface area contributed by atoms with E-state index in [4.69, 9.17) is 23.0 Å². The summed E-state index contributed by atoms with van der Waals surface area (Å²) < 4.78 is 0. The van der Waals surface area contributed by atoms with Gasteiger partial charge in [0.1, 0.15) is 11.6 Å². The SMILES string of the molecule is CCNC(=O)NCCCCC(NC(=O)C1CC(N(N)/C(=C\N)C(C)(C)O)CN1C(=O)CN)C(O)C(N)=O. The minimum atomic E-state index is -1.66. The van der Waals surface area contributed by atoms with E-state index in [0.717, 1.165) is 6.20 Å². The number of hydrogen-bond donors (Lipinski definition) is 9. The molecular weight excluding hydrogens is 486 g/mol. The number of carbonyl (C=O) groups excluding carboxylic acids is 4. The summed E-state index contributed by atoms with van der Waals surface area (Å²) in [6, 6.07) is -2.91. The number of aliphatic hydroxyl groups is 2. The fraction of sp³-hybridized carbons (Fsp3) is 0.727. The minimum Gasteiger partial charge on any atom is -0.403 e. The highest BCUT2D eigenvalue weighted by Crippen LogP contribution is 2.27. The summed E-state index contributed by atoms with van der Waals surface area (Å²) in [5.74, 6) is 4.07. The lowest BCUT2D eigenvalue weighted by molar-refractivity contribution is -0.139. The summed E-state index contributed by atoms with van der Waals surface area (Å²) in [6.45, 7) is 5.31. The average Bonchev–Trinajstić information content (AvgIpc) is 3.27. The maximum atomic E-state index is 13.2. The van der Waals surface area contributed by atoms with Gasteiger partial charge in [0.25, 0.3) is 0 Å². The Bertz CT molecular complexity index is 832. The normalized spacial score (nSPS) is 19.6. The Labute approximate surface area is 216 Å². The maximum Gasteiger partial charge on any atom is 0.314 e. The van der Waals surface area contributed by atoms with E-state index in [1.807, 2.05) is 0 Å². The first kappa shape index (κ1) is 31.9. The Morgan fingerprint density at radius 3 is 2.38 bits per heavy atom. The van der Waals surface area contributed by atoms with E-state index in [9.17, 15) is 29.4 Å². The van der Waals surface area contributed by atoms with Crippen molar-refractivity contribution in [2.45, 2.75) is 76.3 Å². The number of hydrogen-bond acceptors (Lipinski definition) is 10. The first-order valence-corrected chi connectivity index (χ1v) is 12.3. The van der Waals surface area contributed by atoms with E-state index in [-0.39, 0.29) is 37.7 Å². The summed E-state index contributed by atoms with van der Waals surface area (Å²) in [5.41, 5.74) is 15.3. The van der Waals surface area contributed by atoms with Gasteiger partial charge in [0.05, 0.1) is 24.3 Å². The number of nitrogens with one attached hydrogen (secondary N) is 3. The van der Waals surface area contributed by atoms with Crippen LogP contribution in [-0.4, -0.2) is 99.9 Å². The van der Waals surface area contributed by atoms with Crippen molar-refractivity contribution < 1.29 is 29.4 Å². The molecule has 0 saturated carbocycles. The van der Waals surface area contributed by atoms with Gasteiger partial charge in [-0.1, -0.05) is 0 Å². The molecule has 13 N–H and O–H groups in total. The Kier molecular flexibility index (Phi) is 12.6. The Morgan fingerprint density at radius 2 is 1.86 bits per heavy atom. The number of nitrogens with two attached hydrogens (primary N) is 4. The number of primary amides is 1. The lowest BCUT2D eigenvalue weighted by atomic mass is 10.0. The molecule has 1 heterocycles. The molecule has 1 fully saturated rings. The van der Waals surface area contributed by atoms with Crippen LogP contribution in [0.5, 0.6) is 0 Å². The average molecular weight is 530 g/mol. The molecule has 15 heteroatoms. The fourth-order valence-electron chi connectivity index (χ4n) is 4.16. The van der Waals surface area contributed by atoms with Gasteiger partial charge < -0.3 is 53.3 Å². The topological polar surface area (TPSA) is 255 Å². The zero-order valence-electron chi connectivity index (χ0n) is 21.8. The summed E-state index contributed by atoms with van der Waals surface area (Å²) >= 11 is 0. The van der Waals surface area contributed by atoms with E-state index in [2.05, 4.69) is 16.0 Å². The highest BCUT2D eigenvalue weighted by molar-refractivity contribution is 5.90. The molecule has 0 aromatic heterocycles. The molecule has 0 bridgehead atoms. The predicted molar refractivity (Wildman–Crippen MR) is 136 cm³/mol. The zero-order valence-corrected chi connectivity index (χ0v) is 21.8. The first-order chi connectivity index (χ1) is 17.3. The second-order valence-electron chi connectivity index (χ2n) is 9.42. The molecule has 4 unspecified atom stereocenters. The van der Waals surface area contributed by atoms with E-state index in [0.29, 0.717) is 25.9 Å². The van der Waals surface area contributed by atoms with Crippen LogP contribution in [0.3, 0.4) is 0 Å². The van der Waals surface area contributed by atoms with Gasteiger partial charge in [-0.15, -0.1) is 0 Å². The minimum absolute atomic E-state index is 0.0343. The number of nitrogens with zero attached hydrogens (tertiary/aromatic N) is 2. The highest BCUT2D eigenvalue weighted by atomic mass is 16.3. The number of aliphatic hydroxyl groups excluding tert-OH is 1. The molecule has 0 aliphatic carbocycles. The van der Waals surface area contributed by atoms with E-state index in [1.165, 1.54) is 23.8 Å². The predicted octanol–water partition coefficient (Wildman–Crippen LogP) is -3.52. The molecule has 1 aliphatic rings. The Hall–Kier alpha value is -3.14. The Morgan fingerprint density at radius 1 is 1.22 bits per heavy atom. The van der Waals surface area contributed by atoms with Gasteiger partial charge in [-0.2, -0.15) is 0 Å². The summed E-state index contributed by atoms with van der Waals surface area (Å²) in [6.07, 6.45) is 0.734. The number of amides is 5. The molecule has 1 saturated heterocycles. The van der Waals surface area contributed by atoms with Gasteiger partial charge in [0.15, 0.2) is 6.10 Å². The smallest absolute Gasteiger partial charge is 0.314 e. The van der Waals surface area contributed by atoms with Crippen molar-refractivity contribution in [2.75, 3.05) is 26.2 Å². The van der Waals surface area contributed by atoms with Crippen LogP contribution in [0.4, 0.5) is 4.79 Å². The van der Waals surface area contributed by atoms with Gasteiger partial charge >= 0.3 is 6.03 Å². The van der Waals surface area contributed by atoms with Crippen molar-refractivity contribution in [3.8, 4) is 0 Å². The van der Waals surface area contributed by atoms with Crippen LogP contribution in [0.2, 0.25) is 0 Å². The highest BCUT2D eigenvalue weighted by Gasteiger charge is 2.43. The van der Waals surface area contributed by atoms with Crippen molar-refractivity contribution >= 4 is 23.8 Å². The van der Waals surface area contributed by atoms with Crippen LogP contribution in [-0.2, 0) is 14.4 Å².